The van der Waals surface area contributed by atoms with Crippen molar-refractivity contribution in [3.05, 3.63) is 59.7 Å². The number of cyclic esters (lactones) is 1. The Balaban J connectivity index is 1.63. The standard InChI is InChI=1S/C25H29N3O7S/c1-3-4-12-25(23(29)33-2,27-36(31)32)14-18-8-10-21(11-9-18)34-17-22-16-28(24(30)35-22)20-7-5-6-19(13-20)15-26/h5-11,13,22,27H,3-4,12,14,16-17H2,1-2H3,(H,31,32)/p-1. The van der Waals surface area contributed by atoms with Crippen LogP contribution in [-0.2, 0) is 32.0 Å². The molecule has 11 heteroatoms. The molecule has 0 saturated carbocycles. The summed E-state index contributed by atoms with van der Waals surface area (Å²) in [6.07, 6.45) is 0.821. The van der Waals surface area contributed by atoms with Gasteiger partial charge in [-0.2, -0.15) is 5.26 Å². The molecule has 2 aromatic carbocycles. The van der Waals surface area contributed by atoms with Crippen LogP contribution in [0, 0.1) is 11.3 Å². The number of ether oxygens (including phenoxy) is 3. The smallest absolute Gasteiger partial charge is 0.414 e. The lowest BCUT2D eigenvalue weighted by Crippen LogP contribution is -2.55. The van der Waals surface area contributed by atoms with Gasteiger partial charge >= 0.3 is 12.1 Å². The molecular formula is C25H28N3O7S-. The summed E-state index contributed by atoms with van der Waals surface area (Å²) < 4.78 is 41.3. The number of amides is 1. The molecule has 36 heavy (non-hydrogen) atoms. The Labute approximate surface area is 212 Å². The molecule has 3 atom stereocenters. The van der Waals surface area contributed by atoms with Gasteiger partial charge in [0, 0.05) is 23.4 Å². The van der Waals surface area contributed by atoms with Gasteiger partial charge in [-0.3, -0.25) is 13.9 Å². The molecule has 3 rings (SSSR count). The number of hydrogen-bond donors (Lipinski definition) is 1. The molecule has 0 aromatic heterocycles. The van der Waals surface area contributed by atoms with E-state index >= 15 is 0 Å². The molecule has 1 N–H and O–H groups in total. The van der Waals surface area contributed by atoms with Crippen LogP contribution in [0.3, 0.4) is 0 Å². The van der Waals surface area contributed by atoms with Crippen LogP contribution in [0.5, 0.6) is 5.75 Å². The summed E-state index contributed by atoms with van der Waals surface area (Å²) in [5.74, 6) is -0.120. The van der Waals surface area contributed by atoms with Crippen molar-refractivity contribution < 1.29 is 32.6 Å². The Morgan fingerprint density at radius 1 is 1.33 bits per heavy atom. The largest absolute Gasteiger partial charge is 0.760 e. The Hall–Kier alpha value is -3.46. The van der Waals surface area contributed by atoms with E-state index in [1.807, 2.05) is 13.0 Å². The van der Waals surface area contributed by atoms with Gasteiger partial charge in [0.25, 0.3) is 0 Å². The highest BCUT2D eigenvalue weighted by molar-refractivity contribution is 7.77. The quantitative estimate of drug-likeness (QED) is 0.337. The fraction of sp³-hybridized carbons (Fsp3) is 0.400. The molecule has 2 aromatic rings. The van der Waals surface area contributed by atoms with E-state index in [0.29, 0.717) is 29.8 Å². The fourth-order valence-corrected chi connectivity index (χ4v) is 4.61. The van der Waals surface area contributed by atoms with Gasteiger partial charge in [0.15, 0.2) is 6.10 Å². The van der Waals surface area contributed by atoms with Gasteiger partial charge in [-0.05, 0) is 42.3 Å². The highest BCUT2D eigenvalue weighted by atomic mass is 32.2. The van der Waals surface area contributed by atoms with Crippen LogP contribution >= 0.6 is 0 Å². The second kappa shape index (κ2) is 12.5. The summed E-state index contributed by atoms with van der Waals surface area (Å²) in [5.41, 5.74) is 0.348. The van der Waals surface area contributed by atoms with Crippen molar-refractivity contribution in [1.82, 2.24) is 4.72 Å². The fourth-order valence-electron chi connectivity index (χ4n) is 4.03. The summed E-state index contributed by atoms with van der Waals surface area (Å²) in [7, 11) is 1.23. The van der Waals surface area contributed by atoms with Crippen LogP contribution in [-0.4, -0.2) is 52.7 Å². The molecule has 1 aliphatic heterocycles. The molecule has 0 spiro atoms. The van der Waals surface area contributed by atoms with E-state index in [1.165, 1.54) is 12.0 Å². The average Bonchev–Trinajstić information content (AvgIpc) is 3.26. The second-order valence-corrected chi connectivity index (χ2v) is 9.10. The minimum atomic E-state index is -2.65. The summed E-state index contributed by atoms with van der Waals surface area (Å²) in [6.45, 7) is 2.36. The van der Waals surface area contributed by atoms with Gasteiger partial charge in [-0.1, -0.05) is 38.0 Å². The van der Waals surface area contributed by atoms with Crippen molar-refractivity contribution in [3.8, 4) is 11.8 Å². The van der Waals surface area contributed by atoms with E-state index in [9.17, 15) is 18.4 Å². The first-order valence-electron chi connectivity index (χ1n) is 11.5. The van der Waals surface area contributed by atoms with Crippen LogP contribution in [0.1, 0.15) is 37.3 Å². The van der Waals surface area contributed by atoms with Crippen molar-refractivity contribution >= 4 is 29.0 Å². The number of unbranched alkanes of at least 4 members (excludes halogenated alkanes) is 1. The van der Waals surface area contributed by atoms with Crippen molar-refractivity contribution in [1.29, 1.82) is 5.26 Å². The van der Waals surface area contributed by atoms with E-state index in [1.54, 1.807) is 48.5 Å². The molecule has 1 aliphatic rings. The number of esters is 1. The number of carbonyl (C=O) groups is 2. The first-order chi connectivity index (χ1) is 17.3. The van der Waals surface area contributed by atoms with E-state index in [4.69, 9.17) is 19.5 Å². The maximum absolute atomic E-state index is 12.5. The Kier molecular flexibility index (Phi) is 9.41. The van der Waals surface area contributed by atoms with Crippen LogP contribution in [0.4, 0.5) is 10.5 Å². The third-order valence-corrected chi connectivity index (χ3v) is 6.40. The predicted molar refractivity (Wildman–Crippen MR) is 131 cm³/mol. The van der Waals surface area contributed by atoms with E-state index in [0.717, 1.165) is 12.0 Å². The van der Waals surface area contributed by atoms with Crippen molar-refractivity contribution in [2.24, 2.45) is 0 Å². The molecule has 0 aliphatic carbocycles. The number of anilines is 1. The van der Waals surface area contributed by atoms with E-state index < -0.39 is 35.0 Å². The minimum Gasteiger partial charge on any atom is -0.760 e. The van der Waals surface area contributed by atoms with Crippen LogP contribution in [0.15, 0.2) is 48.5 Å². The molecule has 10 nitrogen and oxygen atoms in total. The van der Waals surface area contributed by atoms with E-state index in [2.05, 4.69) is 4.72 Å². The SMILES string of the molecule is CCCCC(Cc1ccc(OCC2CN(c3cccc(C#N)c3)C(=O)O2)cc1)(NS(=O)[O-])C(=O)OC. The molecule has 0 bridgehead atoms. The van der Waals surface area contributed by atoms with Gasteiger partial charge in [-0.15, -0.1) is 0 Å². The van der Waals surface area contributed by atoms with Crippen molar-refractivity contribution in [2.75, 3.05) is 25.2 Å². The number of rotatable bonds is 12. The summed E-state index contributed by atoms with van der Waals surface area (Å²) in [4.78, 5) is 26.3. The number of nitriles is 1. The second-order valence-electron chi connectivity index (χ2n) is 8.42. The number of nitrogens with one attached hydrogen (secondary N) is 1. The zero-order valence-electron chi connectivity index (χ0n) is 20.1. The van der Waals surface area contributed by atoms with Gasteiger partial charge in [0.1, 0.15) is 17.9 Å². The van der Waals surface area contributed by atoms with Crippen molar-refractivity contribution in [3.63, 3.8) is 0 Å². The lowest BCUT2D eigenvalue weighted by atomic mass is 9.87. The molecule has 192 valence electrons. The lowest BCUT2D eigenvalue weighted by Gasteiger charge is -2.33. The van der Waals surface area contributed by atoms with Gasteiger partial charge in [0.2, 0.25) is 0 Å². The minimum absolute atomic E-state index is 0.116. The molecule has 1 fully saturated rings. The third kappa shape index (κ3) is 6.81. The predicted octanol–water partition coefficient (Wildman–Crippen LogP) is 2.99. The Bertz CT molecular complexity index is 1140. The van der Waals surface area contributed by atoms with E-state index in [-0.39, 0.29) is 19.6 Å². The van der Waals surface area contributed by atoms with Crippen molar-refractivity contribution in [2.45, 2.75) is 44.2 Å². The van der Waals surface area contributed by atoms with Crippen LogP contribution < -0.4 is 14.4 Å². The number of methoxy groups -OCH3 is 1. The number of carbonyl (C=O) groups excluding carboxylic acids is 2. The highest BCUT2D eigenvalue weighted by Gasteiger charge is 2.39. The molecule has 1 heterocycles. The zero-order chi connectivity index (χ0) is 26.1. The number of benzene rings is 2. The van der Waals surface area contributed by atoms with Gasteiger partial charge in [-0.25, -0.2) is 9.52 Å². The molecular weight excluding hydrogens is 486 g/mol. The van der Waals surface area contributed by atoms with Gasteiger partial charge in [0.05, 0.1) is 25.3 Å². The zero-order valence-corrected chi connectivity index (χ0v) is 20.9. The molecule has 1 amide bonds. The lowest BCUT2D eigenvalue weighted by molar-refractivity contribution is -0.148. The normalized spacial score (nSPS) is 17.6. The average molecular weight is 515 g/mol. The number of nitrogens with zero attached hydrogens (tertiary/aromatic N) is 2. The maximum atomic E-state index is 12.5. The highest BCUT2D eigenvalue weighted by Crippen LogP contribution is 2.26. The number of hydrogen-bond acceptors (Lipinski definition) is 8. The molecule has 1 saturated heterocycles. The van der Waals surface area contributed by atoms with Crippen LogP contribution in [0.2, 0.25) is 0 Å². The molecule has 0 radical (unpaired) electrons. The first-order valence-corrected chi connectivity index (χ1v) is 12.5. The monoisotopic (exact) mass is 514 g/mol. The Morgan fingerprint density at radius 2 is 2.08 bits per heavy atom. The summed E-state index contributed by atoms with van der Waals surface area (Å²) in [6, 6.07) is 15.7. The van der Waals surface area contributed by atoms with Gasteiger partial charge < -0.3 is 18.8 Å². The Morgan fingerprint density at radius 3 is 2.72 bits per heavy atom. The first kappa shape index (κ1) is 27.1. The molecule has 3 unspecified atom stereocenters. The summed E-state index contributed by atoms with van der Waals surface area (Å²) in [5, 5.41) is 9.07. The maximum Gasteiger partial charge on any atom is 0.414 e. The van der Waals surface area contributed by atoms with Crippen LogP contribution in [0.25, 0.3) is 0 Å². The topological polar surface area (TPSA) is 141 Å². The third-order valence-electron chi connectivity index (χ3n) is 5.84. The summed E-state index contributed by atoms with van der Waals surface area (Å²) >= 11 is -2.65.